The van der Waals surface area contributed by atoms with E-state index in [-0.39, 0.29) is 0 Å². The molecular weight excluding hydrogens is 386 g/mol. The molecule has 0 radical (unpaired) electrons. The minimum atomic E-state index is 1.12. The molecule has 156 valence electrons. The molecule has 0 N–H and O–H groups in total. The third kappa shape index (κ3) is 4.02. The van der Waals surface area contributed by atoms with Crippen molar-refractivity contribution in [3.63, 3.8) is 0 Å². The Bertz CT molecular complexity index is 1360. The number of benzene rings is 4. The van der Waals surface area contributed by atoms with E-state index in [4.69, 9.17) is 0 Å². The highest BCUT2D eigenvalue weighted by Crippen LogP contribution is 2.33. The van der Waals surface area contributed by atoms with E-state index >= 15 is 0 Å². The van der Waals surface area contributed by atoms with Crippen molar-refractivity contribution < 1.29 is 0 Å². The Hall–Kier alpha value is -3.84. The quantitative estimate of drug-likeness (QED) is 0.273. The highest BCUT2D eigenvalue weighted by atomic mass is 15.0. The fourth-order valence-corrected chi connectivity index (χ4v) is 4.42. The summed E-state index contributed by atoms with van der Waals surface area (Å²) in [5.41, 5.74) is 7.82. The van der Waals surface area contributed by atoms with Crippen LogP contribution in [-0.4, -0.2) is 4.57 Å². The minimum absolute atomic E-state index is 1.12. The van der Waals surface area contributed by atoms with Crippen LogP contribution >= 0.6 is 0 Å². The van der Waals surface area contributed by atoms with Crippen molar-refractivity contribution in [2.45, 2.75) is 19.8 Å². The summed E-state index contributed by atoms with van der Waals surface area (Å²) in [7, 11) is 0. The third-order valence-corrected chi connectivity index (χ3v) is 6.01. The van der Waals surface area contributed by atoms with Crippen molar-refractivity contribution in [3.05, 3.63) is 132 Å². The smallest absolute Gasteiger partial charge is 0.0541 e. The van der Waals surface area contributed by atoms with Gasteiger partial charge in [-0.25, -0.2) is 0 Å². The highest BCUT2D eigenvalue weighted by Gasteiger charge is 2.12. The van der Waals surface area contributed by atoms with Gasteiger partial charge in [0, 0.05) is 16.5 Å². The number of aryl methyl sites for hydroxylation is 1. The van der Waals surface area contributed by atoms with E-state index in [2.05, 4.69) is 115 Å². The first-order valence-electron chi connectivity index (χ1n) is 11.3. The predicted octanol–water partition coefficient (Wildman–Crippen LogP) is 8.51. The van der Waals surface area contributed by atoms with Crippen LogP contribution in [0.25, 0.3) is 33.1 Å². The average Bonchev–Trinajstić information content (AvgIpc) is 3.20. The van der Waals surface area contributed by atoms with E-state index < -0.39 is 0 Å². The Labute approximate surface area is 190 Å². The first-order valence-corrected chi connectivity index (χ1v) is 11.3. The molecule has 0 atom stereocenters. The summed E-state index contributed by atoms with van der Waals surface area (Å²) in [5, 5.41) is 2.62. The van der Waals surface area contributed by atoms with Crippen LogP contribution in [0.4, 0.5) is 0 Å². The Balaban J connectivity index is 0.000000265. The molecule has 0 bridgehead atoms. The summed E-state index contributed by atoms with van der Waals surface area (Å²) < 4.78 is 2.38. The molecule has 0 saturated heterocycles. The lowest BCUT2D eigenvalue weighted by Crippen LogP contribution is -1.96. The maximum absolute atomic E-state index is 2.38. The minimum Gasteiger partial charge on any atom is -0.309 e. The predicted molar refractivity (Wildman–Crippen MR) is 138 cm³/mol. The number of rotatable bonds is 2. The lowest BCUT2D eigenvalue weighted by atomic mass is 9.97. The number of allylic oxidation sites excluding steroid dienone is 4. The van der Waals surface area contributed by atoms with Crippen molar-refractivity contribution in [1.82, 2.24) is 4.57 Å². The first kappa shape index (κ1) is 20.1. The van der Waals surface area contributed by atoms with Gasteiger partial charge in [-0.2, -0.15) is 0 Å². The van der Waals surface area contributed by atoms with Gasteiger partial charge in [0.05, 0.1) is 11.0 Å². The van der Waals surface area contributed by atoms with Crippen molar-refractivity contribution in [3.8, 4) is 5.69 Å². The summed E-state index contributed by atoms with van der Waals surface area (Å²) in [6, 6.07) is 36.5. The monoisotopic (exact) mass is 413 g/mol. The lowest BCUT2D eigenvalue weighted by molar-refractivity contribution is 1.05. The van der Waals surface area contributed by atoms with Crippen molar-refractivity contribution in [1.29, 1.82) is 0 Å². The number of hydrogen-bond donors (Lipinski definition) is 0. The van der Waals surface area contributed by atoms with Gasteiger partial charge < -0.3 is 4.57 Å². The molecule has 1 aromatic heterocycles. The largest absolute Gasteiger partial charge is 0.309 e. The second kappa shape index (κ2) is 9.11. The normalized spacial score (nSPS) is 13.0. The number of fused-ring (bicyclic) bond motifs is 3. The van der Waals surface area contributed by atoms with Gasteiger partial charge in [0.2, 0.25) is 0 Å². The number of hydrogen-bond acceptors (Lipinski definition) is 0. The average molecular weight is 414 g/mol. The molecule has 0 amide bonds. The molecular formula is C31H27N. The van der Waals surface area contributed by atoms with Gasteiger partial charge in [0.1, 0.15) is 0 Å². The van der Waals surface area contributed by atoms with Crippen LogP contribution in [0.15, 0.2) is 121 Å². The molecule has 32 heavy (non-hydrogen) atoms. The van der Waals surface area contributed by atoms with Crippen molar-refractivity contribution in [2.75, 3.05) is 0 Å². The molecule has 0 aliphatic heterocycles. The van der Waals surface area contributed by atoms with Crippen LogP contribution in [0.3, 0.4) is 0 Å². The van der Waals surface area contributed by atoms with E-state index in [1.165, 1.54) is 44.2 Å². The summed E-state index contributed by atoms with van der Waals surface area (Å²) in [6.45, 7) is 2.08. The molecule has 0 spiro atoms. The topological polar surface area (TPSA) is 4.93 Å². The van der Waals surface area contributed by atoms with Crippen LogP contribution in [0.1, 0.15) is 24.0 Å². The molecule has 4 aromatic carbocycles. The molecule has 1 aliphatic carbocycles. The first-order chi connectivity index (χ1) is 15.8. The Kier molecular flexibility index (Phi) is 5.72. The van der Waals surface area contributed by atoms with Crippen LogP contribution in [0.2, 0.25) is 0 Å². The van der Waals surface area contributed by atoms with E-state index in [1.54, 1.807) is 0 Å². The zero-order valence-electron chi connectivity index (χ0n) is 18.4. The van der Waals surface area contributed by atoms with Crippen LogP contribution in [-0.2, 0) is 0 Å². The van der Waals surface area contributed by atoms with Gasteiger partial charge in [-0.3, -0.25) is 0 Å². The van der Waals surface area contributed by atoms with E-state index in [9.17, 15) is 0 Å². The Morgan fingerprint density at radius 3 is 1.91 bits per heavy atom. The van der Waals surface area contributed by atoms with Gasteiger partial charge in [-0.1, -0.05) is 103 Å². The standard InChI is InChI=1S/C24H19N.C7H8/c1-2-9-18(10-3-1)19-11-8-12-20(17-19)25-23-15-6-4-13-21(23)22-14-5-7-16-24(22)25;1-7-5-3-2-4-6-7/h1-2,4-9,11-17H,3,10H2;2-6H,1H3. The Morgan fingerprint density at radius 2 is 1.31 bits per heavy atom. The summed E-state index contributed by atoms with van der Waals surface area (Å²) in [5.74, 6) is 0. The zero-order chi connectivity index (χ0) is 21.8. The molecule has 1 heteroatoms. The summed E-state index contributed by atoms with van der Waals surface area (Å²) >= 11 is 0. The second-order valence-corrected chi connectivity index (χ2v) is 8.23. The molecule has 6 rings (SSSR count). The maximum atomic E-state index is 2.38. The molecule has 5 aromatic rings. The van der Waals surface area contributed by atoms with Gasteiger partial charge in [0.25, 0.3) is 0 Å². The molecule has 1 nitrogen and oxygen atoms in total. The fraction of sp³-hybridized carbons (Fsp3) is 0.0968. The van der Waals surface area contributed by atoms with Crippen molar-refractivity contribution in [2.24, 2.45) is 0 Å². The van der Waals surface area contributed by atoms with Gasteiger partial charge in [0.15, 0.2) is 0 Å². The van der Waals surface area contributed by atoms with Crippen LogP contribution in [0, 0.1) is 6.92 Å². The van der Waals surface area contributed by atoms with Gasteiger partial charge >= 0.3 is 0 Å². The highest BCUT2D eigenvalue weighted by molar-refractivity contribution is 6.09. The molecule has 0 unspecified atom stereocenters. The zero-order valence-corrected chi connectivity index (χ0v) is 18.4. The number of aromatic nitrogens is 1. The fourth-order valence-electron chi connectivity index (χ4n) is 4.42. The molecule has 0 saturated carbocycles. The van der Waals surface area contributed by atoms with Crippen LogP contribution < -0.4 is 0 Å². The number of para-hydroxylation sites is 2. The second-order valence-electron chi connectivity index (χ2n) is 8.23. The van der Waals surface area contributed by atoms with Crippen molar-refractivity contribution >= 4 is 27.4 Å². The SMILES string of the molecule is C1=CCCC(c2cccc(-n3c4ccccc4c4ccccc43)c2)=C1.Cc1ccccc1. The van der Waals surface area contributed by atoms with Crippen LogP contribution in [0.5, 0.6) is 0 Å². The molecule has 0 fully saturated rings. The van der Waals surface area contributed by atoms with Gasteiger partial charge in [-0.05, 0) is 55.2 Å². The van der Waals surface area contributed by atoms with E-state index in [1.807, 2.05) is 18.2 Å². The Morgan fingerprint density at radius 1 is 0.656 bits per heavy atom. The third-order valence-electron chi connectivity index (χ3n) is 6.01. The summed E-state index contributed by atoms with van der Waals surface area (Å²) in [4.78, 5) is 0. The summed E-state index contributed by atoms with van der Waals surface area (Å²) in [6.07, 6.45) is 8.90. The van der Waals surface area contributed by atoms with Gasteiger partial charge in [-0.15, -0.1) is 0 Å². The molecule has 1 heterocycles. The molecule has 1 aliphatic rings. The maximum Gasteiger partial charge on any atom is 0.0541 e. The lowest BCUT2D eigenvalue weighted by Gasteiger charge is -2.13. The number of nitrogens with zero attached hydrogens (tertiary/aromatic N) is 1. The van der Waals surface area contributed by atoms with E-state index in [0.717, 1.165) is 12.8 Å². The van der Waals surface area contributed by atoms with E-state index in [0.29, 0.717) is 0 Å².